The zero-order valence-corrected chi connectivity index (χ0v) is 10.8. The molecular formula is C12H13N3O2S. The van der Waals surface area contributed by atoms with Crippen molar-refractivity contribution in [1.82, 2.24) is 0 Å². The van der Waals surface area contributed by atoms with Crippen LogP contribution in [-0.2, 0) is 0 Å². The maximum Gasteiger partial charge on any atom is 0.287 e. The summed E-state index contributed by atoms with van der Waals surface area (Å²) in [5.41, 5.74) is 0.713. The van der Waals surface area contributed by atoms with E-state index in [1.54, 1.807) is 6.07 Å². The Labute approximate surface area is 109 Å². The first-order valence-corrected chi connectivity index (χ1v) is 6.80. The molecule has 0 saturated heterocycles. The summed E-state index contributed by atoms with van der Waals surface area (Å²) in [6.07, 6.45) is 4.48. The Kier molecular flexibility index (Phi) is 3.43. The molecule has 1 aromatic carbocycles. The van der Waals surface area contributed by atoms with Crippen LogP contribution < -0.4 is 5.32 Å². The van der Waals surface area contributed by atoms with Gasteiger partial charge in [0.25, 0.3) is 5.69 Å². The number of hydrogen-bond donors (Lipinski definition) is 1. The van der Waals surface area contributed by atoms with E-state index in [1.165, 1.54) is 25.0 Å². The van der Waals surface area contributed by atoms with Crippen molar-refractivity contribution >= 4 is 23.1 Å². The van der Waals surface area contributed by atoms with Crippen LogP contribution in [0, 0.1) is 21.4 Å². The van der Waals surface area contributed by atoms with Crippen LogP contribution in [0.1, 0.15) is 18.4 Å². The number of thioether (sulfide) groups is 1. The van der Waals surface area contributed by atoms with Gasteiger partial charge in [0.15, 0.2) is 0 Å². The largest absolute Gasteiger partial charge is 0.384 e. The summed E-state index contributed by atoms with van der Waals surface area (Å²) in [5, 5.41) is 22.8. The Balaban J connectivity index is 2.11. The molecule has 5 nitrogen and oxygen atoms in total. The third kappa shape index (κ3) is 2.57. The lowest BCUT2D eigenvalue weighted by molar-refractivity contribution is -0.385. The molecule has 0 heterocycles. The SMILES string of the molecule is CSC1(CNc2ccc([N+](=O)[O-])c(C#N)c2)CC1. The van der Waals surface area contributed by atoms with E-state index in [9.17, 15) is 10.1 Å². The van der Waals surface area contributed by atoms with Gasteiger partial charge in [-0.2, -0.15) is 17.0 Å². The van der Waals surface area contributed by atoms with E-state index in [0.29, 0.717) is 4.75 Å². The van der Waals surface area contributed by atoms with E-state index in [4.69, 9.17) is 5.26 Å². The smallest absolute Gasteiger partial charge is 0.287 e. The summed E-state index contributed by atoms with van der Waals surface area (Å²) >= 11 is 1.84. The van der Waals surface area contributed by atoms with Crippen molar-refractivity contribution in [3.05, 3.63) is 33.9 Å². The number of benzene rings is 1. The molecular weight excluding hydrogens is 250 g/mol. The minimum atomic E-state index is -0.535. The summed E-state index contributed by atoms with van der Waals surface area (Å²) in [5.74, 6) is 0. The highest BCUT2D eigenvalue weighted by Gasteiger charge is 2.41. The average Bonchev–Trinajstić information content (AvgIpc) is 3.16. The first-order chi connectivity index (χ1) is 8.60. The Morgan fingerprint density at radius 2 is 2.33 bits per heavy atom. The van der Waals surface area contributed by atoms with Crippen molar-refractivity contribution in [3.63, 3.8) is 0 Å². The van der Waals surface area contributed by atoms with Crippen LogP contribution in [0.3, 0.4) is 0 Å². The molecule has 2 rings (SSSR count). The van der Waals surface area contributed by atoms with E-state index < -0.39 is 4.92 Å². The van der Waals surface area contributed by atoms with Crippen molar-refractivity contribution in [2.75, 3.05) is 18.1 Å². The molecule has 1 aromatic rings. The molecule has 94 valence electrons. The van der Waals surface area contributed by atoms with Crippen molar-refractivity contribution in [2.45, 2.75) is 17.6 Å². The van der Waals surface area contributed by atoms with Gasteiger partial charge in [-0.05, 0) is 31.2 Å². The van der Waals surface area contributed by atoms with E-state index in [1.807, 2.05) is 17.8 Å². The van der Waals surface area contributed by atoms with Gasteiger partial charge in [-0.25, -0.2) is 0 Å². The van der Waals surface area contributed by atoms with Crippen LogP contribution in [0.15, 0.2) is 18.2 Å². The van der Waals surface area contributed by atoms with E-state index in [0.717, 1.165) is 12.2 Å². The third-order valence-electron chi connectivity index (χ3n) is 3.17. The second-order valence-electron chi connectivity index (χ2n) is 4.34. The molecule has 1 N–H and O–H groups in total. The van der Waals surface area contributed by atoms with Gasteiger partial charge in [0.2, 0.25) is 0 Å². The second kappa shape index (κ2) is 4.86. The monoisotopic (exact) mass is 263 g/mol. The second-order valence-corrected chi connectivity index (χ2v) is 5.62. The van der Waals surface area contributed by atoms with Crippen molar-refractivity contribution in [2.24, 2.45) is 0 Å². The van der Waals surface area contributed by atoms with Gasteiger partial charge in [-0.15, -0.1) is 0 Å². The molecule has 0 radical (unpaired) electrons. The standard InChI is InChI=1S/C12H13N3O2S/c1-18-12(4-5-12)8-14-10-2-3-11(15(16)17)9(6-10)7-13/h2-3,6,14H,4-5,8H2,1H3. The molecule has 0 aliphatic heterocycles. The quantitative estimate of drug-likeness (QED) is 0.652. The van der Waals surface area contributed by atoms with Gasteiger partial charge >= 0.3 is 0 Å². The molecule has 1 fully saturated rings. The number of anilines is 1. The lowest BCUT2D eigenvalue weighted by Gasteiger charge is -2.14. The summed E-state index contributed by atoms with van der Waals surface area (Å²) in [6, 6.07) is 6.42. The van der Waals surface area contributed by atoms with Crippen LogP contribution in [0.4, 0.5) is 11.4 Å². The Morgan fingerprint density at radius 3 is 2.83 bits per heavy atom. The van der Waals surface area contributed by atoms with Crippen molar-refractivity contribution in [1.29, 1.82) is 5.26 Å². The first-order valence-electron chi connectivity index (χ1n) is 5.58. The molecule has 1 aliphatic rings. The third-order valence-corrected chi connectivity index (χ3v) is 4.59. The van der Waals surface area contributed by atoms with Gasteiger partial charge in [0.1, 0.15) is 11.6 Å². The summed E-state index contributed by atoms with van der Waals surface area (Å²) in [4.78, 5) is 10.2. The Morgan fingerprint density at radius 1 is 1.61 bits per heavy atom. The highest BCUT2D eigenvalue weighted by molar-refractivity contribution is 8.00. The highest BCUT2D eigenvalue weighted by Crippen LogP contribution is 2.47. The van der Waals surface area contributed by atoms with Crippen LogP contribution >= 0.6 is 11.8 Å². The first kappa shape index (κ1) is 12.7. The van der Waals surface area contributed by atoms with Gasteiger partial charge in [-0.3, -0.25) is 10.1 Å². The average molecular weight is 263 g/mol. The van der Waals surface area contributed by atoms with Crippen molar-refractivity contribution in [3.8, 4) is 6.07 Å². The number of nitro groups is 1. The summed E-state index contributed by atoms with van der Waals surface area (Å²) < 4.78 is 0.314. The predicted molar refractivity (Wildman–Crippen MR) is 71.8 cm³/mol. The number of nitrogens with one attached hydrogen (secondary N) is 1. The minimum absolute atomic E-state index is 0.0963. The van der Waals surface area contributed by atoms with Crippen LogP contribution in [0.5, 0.6) is 0 Å². The number of rotatable bonds is 5. The van der Waals surface area contributed by atoms with E-state index in [-0.39, 0.29) is 11.3 Å². The molecule has 0 amide bonds. The maximum absolute atomic E-state index is 10.7. The van der Waals surface area contributed by atoms with Crippen molar-refractivity contribution < 1.29 is 4.92 Å². The lowest BCUT2D eigenvalue weighted by atomic mass is 10.1. The lowest BCUT2D eigenvalue weighted by Crippen LogP contribution is -2.17. The number of hydrogen-bond acceptors (Lipinski definition) is 5. The topological polar surface area (TPSA) is 79.0 Å². The van der Waals surface area contributed by atoms with Crippen LogP contribution in [0.25, 0.3) is 0 Å². The molecule has 0 bridgehead atoms. The molecule has 1 saturated carbocycles. The molecule has 0 atom stereocenters. The maximum atomic E-state index is 10.7. The summed E-state index contributed by atoms with van der Waals surface area (Å²) in [6.45, 7) is 0.830. The van der Waals surface area contributed by atoms with Gasteiger partial charge in [-0.1, -0.05) is 0 Å². The highest BCUT2D eigenvalue weighted by atomic mass is 32.2. The van der Waals surface area contributed by atoms with Crippen LogP contribution in [-0.4, -0.2) is 22.5 Å². The molecule has 1 aliphatic carbocycles. The van der Waals surface area contributed by atoms with E-state index in [2.05, 4.69) is 11.6 Å². The van der Waals surface area contributed by atoms with Gasteiger partial charge in [0.05, 0.1) is 4.92 Å². The van der Waals surface area contributed by atoms with Gasteiger partial charge < -0.3 is 5.32 Å². The zero-order valence-electron chi connectivity index (χ0n) is 9.97. The fraction of sp³-hybridized carbons (Fsp3) is 0.417. The fourth-order valence-electron chi connectivity index (χ4n) is 1.75. The number of nitrogens with zero attached hydrogens (tertiary/aromatic N) is 2. The van der Waals surface area contributed by atoms with Crippen LogP contribution in [0.2, 0.25) is 0 Å². The molecule has 0 spiro atoms. The summed E-state index contributed by atoms with van der Waals surface area (Å²) in [7, 11) is 0. The van der Waals surface area contributed by atoms with Gasteiger partial charge in [0, 0.05) is 23.0 Å². The molecule has 6 heteroatoms. The Bertz CT molecular complexity index is 521. The number of nitriles is 1. The fourth-order valence-corrected chi connectivity index (χ4v) is 2.48. The number of nitro benzene ring substituents is 1. The molecule has 0 aromatic heterocycles. The zero-order chi connectivity index (χ0) is 13.2. The Hall–Kier alpha value is -1.74. The van der Waals surface area contributed by atoms with E-state index >= 15 is 0 Å². The normalized spacial score (nSPS) is 15.8. The molecule has 18 heavy (non-hydrogen) atoms. The predicted octanol–water partition coefficient (Wildman–Crippen LogP) is 2.77. The molecule has 0 unspecified atom stereocenters. The minimum Gasteiger partial charge on any atom is -0.384 e.